The molecule has 3 N–H and O–H groups in total. The summed E-state index contributed by atoms with van der Waals surface area (Å²) in [6, 6.07) is 12.1. The van der Waals surface area contributed by atoms with Gasteiger partial charge < -0.3 is 5.32 Å². The van der Waals surface area contributed by atoms with Crippen LogP contribution in [-0.4, -0.2) is 24.3 Å². The van der Waals surface area contributed by atoms with Gasteiger partial charge in [-0.3, -0.25) is 25.2 Å². The molecule has 2 aromatic rings. The molecule has 0 aliphatic carbocycles. The van der Waals surface area contributed by atoms with E-state index in [0.29, 0.717) is 11.1 Å². The van der Waals surface area contributed by atoms with Crippen molar-refractivity contribution in [3.63, 3.8) is 0 Å². The highest BCUT2D eigenvalue weighted by Crippen LogP contribution is 2.10. The molecule has 25 heavy (non-hydrogen) atoms. The summed E-state index contributed by atoms with van der Waals surface area (Å²) < 4.78 is 0.849. The molecule has 0 heterocycles. The minimum Gasteiger partial charge on any atom is -0.343 e. The molecule has 0 saturated heterocycles. The Morgan fingerprint density at radius 2 is 1.44 bits per heavy atom. The monoisotopic (exact) mass is 403 g/mol. The topological polar surface area (TPSA) is 87.3 Å². The maximum Gasteiger partial charge on any atom is 0.269 e. The second kappa shape index (κ2) is 8.43. The molecule has 2 rings (SSSR count). The fourth-order valence-electron chi connectivity index (χ4n) is 2.21. The third-order valence-corrected chi connectivity index (χ3v) is 3.84. The number of rotatable bonds is 4. The van der Waals surface area contributed by atoms with Crippen molar-refractivity contribution in [3.8, 4) is 0 Å². The molecule has 0 saturated carbocycles. The minimum atomic E-state index is -0.525. The lowest BCUT2D eigenvalue weighted by Crippen LogP contribution is -2.46. The molecule has 130 valence electrons. The van der Waals surface area contributed by atoms with Crippen molar-refractivity contribution >= 4 is 33.7 Å². The number of hydrogen-bond acceptors (Lipinski definition) is 3. The average molecular weight is 404 g/mol. The van der Waals surface area contributed by atoms with E-state index in [4.69, 9.17) is 0 Å². The van der Waals surface area contributed by atoms with Crippen LogP contribution in [0.5, 0.6) is 0 Å². The van der Waals surface area contributed by atoms with Crippen LogP contribution in [0.1, 0.15) is 31.8 Å². The van der Waals surface area contributed by atoms with Crippen molar-refractivity contribution in [1.82, 2.24) is 16.2 Å². The molecule has 0 bridgehead atoms. The number of carbonyl (C=O) groups excluding carboxylic acids is 3. The Kier molecular flexibility index (Phi) is 6.30. The predicted molar refractivity (Wildman–Crippen MR) is 98.0 cm³/mol. The van der Waals surface area contributed by atoms with Gasteiger partial charge in [0.05, 0.1) is 6.54 Å². The molecule has 2 aromatic carbocycles. The van der Waals surface area contributed by atoms with Crippen LogP contribution < -0.4 is 16.2 Å². The van der Waals surface area contributed by atoms with Crippen molar-refractivity contribution in [2.24, 2.45) is 0 Å². The van der Waals surface area contributed by atoms with E-state index in [0.717, 1.165) is 15.6 Å². The summed E-state index contributed by atoms with van der Waals surface area (Å²) in [5, 5.41) is 2.52. The van der Waals surface area contributed by atoms with Crippen LogP contribution in [0, 0.1) is 13.8 Å². The van der Waals surface area contributed by atoms with E-state index < -0.39 is 11.8 Å². The molecule has 0 atom stereocenters. The van der Waals surface area contributed by atoms with Gasteiger partial charge in [-0.05, 0) is 50.2 Å². The zero-order valence-corrected chi connectivity index (χ0v) is 15.4. The van der Waals surface area contributed by atoms with Gasteiger partial charge in [0, 0.05) is 15.6 Å². The van der Waals surface area contributed by atoms with Crippen LogP contribution in [0.25, 0.3) is 0 Å². The SMILES string of the molecule is Cc1cc(C)cc(C(=O)NCC(=O)NNC(=O)c2ccc(Br)cc2)c1. The first-order valence-electron chi connectivity index (χ1n) is 7.56. The summed E-state index contributed by atoms with van der Waals surface area (Å²) >= 11 is 3.28. The zero-order valence-electron chi connectivity index (χ0n) is 13.9. The van der Waals surface area contributed by atoms with E-state index >= 15 is 0 Å². The van der Waals surface area contributed by atoms with Crippen molar-refractivity contribution in [1.29, 1.82) is 0 Å². The van der Waals surface area contributed by atoms with E-state index in [-0.39, 0.29) is 12.5 Å². The van der Waals surface area contributed by atoms with E-state index in [1.165, 1.54) is 0 Å². The molecule has 6 nitrogen and oxygen atoms in total. The second-order valence-corrected chi connectivity index (χ2v) is 6.48. The van der Waals surface area contributed by atoms with Crippen molar-refractivity contribution < 1.29 is 14.4 Å². The molecule has 7 heteroatoms. The molecule has 3 amide bonds. The van der Waals surface area contributed by atoms with Crippen LogP contribution in [-0.2, 0) is 4.79 Å². The lowest BCUT2D eigenvalue weighted by molar-refractivity contribution is -0.120. The van der Waals surface area contributed by atoms with Gasteiger partial charge in [-0.2, -0.15) is 0 Å². The molecule has 0 aliphatic rings. The number of aryl methyl sites for hydroxylation is 2. The molecular weight excluding hydrogens is 386 g/mol. The molecule has 0 aliphatic heterocycles. The van der Waals surface area contributed by atoms with Crippen LogP contribution in [0.3, 0.4) is 0 Å². The van der Waals surface area contributed by atoms with Gasteiger partial charge in [-0.25, -0.2) is 0 Å². The average Bonchev–Trinajstić information content (AvgIpc) is 2.57. The summed E-state index contributed by atoms with van der Waals surface area (Å²) in [6.45, 7) is 3.55. The second-order valence-electron chi connectivity index (χ2n) is 5.57. The van der Waals surface area contributed by atoms with E-state index in [1.54, 1.807) is 36.4 Å². The summed E-state index contributed by atoms with van der Waals surface area (Å²) in [5.41, 5.74) is 7.39. The Balaban J connectivity index is 1.81. The Hall–Kier alpha value is -2.67. The number of hydrogen-bond donors (Lipinski definition) is 3. The van der Waals surface area contributed by atoms with Crippen molar-refractivity contribution in [2.45, 2.75) is 13.8 Å². The largest absolute Gasteiger partial charge is 0.343 e. The van der Waals surface area contributed by atoms with Crippen LogP contribution in [0.4, 0.5) is 0 Å². The molecule has 0 fully saturated rings. The first-order chi connectivity index (χ1) is 11.8. The summed E-state index contributed by atoms with van der Waals surface area (Å²) in [6.07, 6.45) is 0. The summed E-state index contributed by atoms with van der Waals surface area (Å²) in [5.74, 6) is -1.31. The van der Waals surface area contributed by atoms with Gasteiger partial charge in [0.25, 0.3) is 17.7 Å². The Morgan fingerprint density at radius 1 is 0.840 bits per heavy atom. The van der Waals surface area contributed by atoms with Crippen LogP contribution >= 0.6 is 15.9 Å². The van der Waals surface area contributed by atoms with Gasteiger partial charge in [0.2, 0.25) is 0 Å². The maximum absolute atomic E-state index is 12.1. The quantitative estimate of drug-likeness (QED) is 0.684. The maximum atomic E-state index is 12.1. The molecular formula is C18H18BrN3O3. The highest BCUT2D eigenvalue weighted by Gasteiger charge is 2.10. The lowest BCUT2D eigenvalue weighted by atomic mass is 10.1. The fourth-order valence-corrected chi connectivity index (χ4v) is 2.48. The smallest absolute Gasteiger partial charge is 0.269 e. The predicted octanol–water partition coefficient (Wildman–Crippen LogP) is 2.26. The first-order valence-corrected chi connectivity index (χ1v) is 8.35. The lowest BCUT2D eigenvalue weighted by Gasteiger charge is -2.09. The molecule has 0 aromatic heterocycles. The van der Waals surface area contributed by atoms with Crippen molar-refractivity contribution in [2.75, 3.05) is 6.54 Å². The highest BCUT2D eigenvalue weighted by atomic mass is 79.9. The number of amides is 3. The van der Waals surface area contributed by atoms with Crippen LogP contribution in [0.15, 0.2) is 46.9 Å². The van der Waals surface area contributed by atoms with Gasteiger partial charge in [-0.15, -0.1) is 0 Å². The summed E-state index contributed by atoms with van der Waals surface area (Å²) in [7, 11) is 0. The summed E-state index contributed by atoms with van der Waals surface area (Å²) in [4.78, 5) is 35.7. The standard InChI is InChI=1S/C18H18BrN3O3/c1-11-7-12(2)9-14(8-11)17(24)20-10-16(23)21-22-18(25)13-3-5-15(19)6-4-13/h3-9H,10H2,1-2H3,(H,20,24)(H,21,23)(H,22,25). The van der Waals surface area contributed by atoms with E-state index in [9.17, 15) is 14.4 Å². The van der Waals surface area contributed by atoms with Gasteiger partial charge in [0.1, 0.15) is 0 Å². The first kappa shape index (κ1) is 18.7. The Bertz CT molecular complexity index is 783. The van der Waals surface area contributed by atoms with Gasteiger partial charge in [-0.1, -0.05) is 33.1 Å². The number of halogens is 1. The van der Waals surface area contributed by atoms with Gasteiger partial charge >= 0.3 is 0 Å². The number of nitrogens with one attached hydrogen (secondary N) is 3. The number of carbonyl (C=O) groups is 3. The minimum absolute atomic E-state index is 0.244. The third kappa shape index (κ3) is 5.72. The van der Waals surface area contributed by atoms with Gasteiger partial charge in [0.15, 0.2) is 0 Å². The zero-order chi connectivity index (χ0) is 18.4. The third-order valence-electron chi connectivity index (χ3n) is 3.32. The molecule has 0 radical (unpaired) electrons. The van der Waals surface area contributed by atoms with E-state index in [1.807, 2.05) is 19.9 Å². The fraction of sp³-hybridized carbons (Fsp3) is 0.167. The molecule has 0 spiro atoms. The highest BCUT2D eigenvalue weighted by molar-refractivity contribution is 9.10. The normalized spacial score (nSPS) is 10.0. The number of benzene rings is 2. The van der Waals surface area contributed by atoms with Crippen LogP contribution in [0.2, 0.25) is 0 Å². The Labute approximate surface area is 154 Å². The van der Waals surface area contributed by atoms with Crippen molar-refractivity contribution in [3.05, 3.63) is 69.2 Å². The Morgan fingerprint density at radius 3 is 2.04 bits per heavy atom. The number of hydrazine groups is 1. The molecule has 0 unspecified atom stereocenters. The van der Waals surface area contributed by atoms with E-state index in [2.05, 4.69) is 32.1 Å².